The van der Waals surface area contributed by atoms with E-state index in [-0.39, 0.29) is 24.1 Å². The minimum atomic E-state index is -0.291. The third-order valence-corrected chi connectivity index (χ3v) is 5.95. The second kappa shape index (κ2) is 8.09. The van der Waals surface area contributed by atoms with E-state index in [0.717, 1.165) is 39.3 Å². The van der Waals surface area contributed by atoms with Gasteiger partial charge in [0.05, 0.1) is 23.8 Å². The average Bonchev–Trinajstić information content (AvgIpc) is 3.18. The molecule has 1 fully saturated rings. The zero-order chi connectivity index (χ0) is 21.5. The number of benzene rings is 1. The molecule has 0 saturated carbocycles. The summed E-state index contributed by atoms with van der Waals surface area (Å²) in [6.07, 6.45) is 7.19. The van der Waals surface area contributed by atoms with E-state index in [1.54, 1.807) is 24.7 Å². The van der Waals surface area contributed by atoms with Crippen LogP contribution < -0.4 is 0 Å². The van der Waals surface area contributed by atoms with Gasteiger partial charge in [0.15, 0.2) is 11.6 Å². The Hall–Kier alpha value is -2.71. The number of fused-ring (bicyclic) bond motifs is 1. The molecular weight excluding hydrogens is 461 g/mol. The van der Waals surface area contributed by atoms with Gasteiger partial charge >= 0.3 is 0 Å². The van der Waals surface area contributed by atoms with Crippen LogP contribution in [0.15, 0.2) is 53.4 Å². The molecule has 0 bridgehead atoms. The van der Waals surface area contributed by atoms with Gasteiger partial charge in [0.2, 0.25) is 0 Å². The first-order valence-corrected chi connectivity index (χ1v) is 11.0. The highest BCUT2D eigenvalue weighted by Crippen LogP contribution is 2.34. The first-order valence-electron chi connectivity index (χ1n) is 10.2. The van der Waals surface area contributed by atoms with E-state index in [1.165, 1.54) is 12.1 Å². The van der Waals surface area contributed by atoms with Gasteiger partial charge < -0.3 is 4.74 Å². The molecule has 4 heterocycles. The highest BCUT2D eigenvalue weighted by Gasteiger charge is 2.29. The van der Waals surface area contributed by atoms with E-state index in [9.17, 15) is 4.39 Å². The summed E-state index contributed by atoms with van der Waals surface area (Å²) in [6.45, 7) is 4.16. The standard InChI is InChI=1S/C23H21BrFN5O/c1-13-5-20(6-14(2)31-13)30-23(28-22(29-30)16-8-18(24)12-26-10-16)17-7-15-9-19(25)3-4-21(15)27-11-17/h3-4,7-14,20H,5-6H2,1-2H3. The van der Waals surface area contributed by atoms with Crippen LogP contribution in [-0.2, 0) is 4.74 Å². The van der Waals surface area contributed by atoms with E-state index in [1.807, 2.05) is 16.8 Å². The van der Waals surface area contributed by atoms with Crippen molar-refractivity contribution in [1.82, 2.24) is 24.7 Å². The molecule has 0 radical (unpaired) electrons. The van der Waals surface area contributed by atoms with Gasteiger partial charge in [0.25, 0.3) is 0 Å². The van der Waals surface area contributed by atoms with Crippen molar-refractivity contribution in [3.63, 3.8) is 0 Å². The first-order chi connectivity index (χ1) is 15.0. The molecule has 6 nitrogen and oxygen atoms in total. The van der Waals surface area contributed by atoms with Gasteiger partial charge in [0.1, 0.15) is 5.82 Å². The Morgan fingerprint density at radius 3 is 2.61 bits per heavy atom. The lowest BCUT2D eigenvalue weighted by atomic mass is 9.99. The predicted octanol–water partition coefficient (Wildman–Crippen LogP) is 5.59. The maximum atomic E-state index is 13.8. The van der Waals surface area contributed by atoms with Gasteiger partial charge in [-0.25, -0.2) is 14.1 Å². The van der Waals surface area contributed by atoms with Crippen LogP contribution >= 0.6 is 15.9 Å². The molecule has 31 heavy (non-hydrogen) atoms. The van der Waals surface area contributed by atoms with Crippen LogP contribution in [0.2, 0.25) is 0 Å². The quantitative estimate of drug-likeness (QED) is 0.381. The highest BCUT2D eigenvalue weighted by atomic mass is 79.9. The third-order valence-electron chi connectivity index (χ3n) is 5.51. The number of nitrogens with zero attached hydrogens (tertiary/aromatic N) is 5. The van der Waals surface area contributed by atoms with Gasteiger partial charge in [-0.15, -0.1) is 0 Å². The van der Waals surface area contributed by atoms with Crippen LogP contribution in [0.25, 0.3) is 33.7 Å². The van der Waals surface area contributed by atoms with Gasteiger partial charge in [-0.05, 0) is 73.0 Å². The molecule has 5 rings (SSSR count). The van der Waals surface area contributed by atoms with E-state index in [4.69, 9.17) is 14.8 Å². The number of pyridine rings is 2. The molecule has 4 aromatic rings. The molecule has 0 N–H and O–H groups in total. The van der Waals surface area contributed by atoms with Gasteiger partial charge in [-0.1, -0.05) is 0 Å². The van der Waals surface area contributed by atoms with Crippen molar-refractivity contribution in [3.05, 3.63) is 59.2 Å². The molecule has 8 heteroatoms. The summed E-state index contributed by atoms with van der Waals surface area (Å²) in [5.41, 5.74) is 2.36. The molecule has 1 aliphatic rings. The Morgan fingerprint density at radius 2 is 1.84 bits per heavy atom. The van der Waals surface area contributed by atoms with E-state index in [2.05, 4.69) is 39.7 Å². The monoisotopic (exact) mass is 481 g/mol. The van der Waals surface area contributed by atoms with Crippen LogP contribution in [0.3, 0.4) is 0 Å². The van der Waals surface area contributed by atoms with Gasteiger partial charge in [-0.2, -0.15) is 5.10 Å². The Balaban J connectivity index is 1.66. The fourth-order valence-corrected chi connectivity index (χ4v) is 4.59. The lowest BCUT2D eigenvalue weighted by molar-refractivity contribution is -0.0503. The second-order valence-corrected chi connectivity index (χ2v) is 8.95. The molecule has 2 atom stereocenters. The third kappa shape index (κ3) is 4.09. The van der Waals surface area contributed by atoms with Crippen molar-refractivity contribution in [2.24, 2.45) is 0 Å². The molecule has 1 saturated heterocycles. The average molecular weight is 482 g/mol. The second-order valence-electron chi connectivity index (χ2n) is 8.04. The Labute approximate surface area is 187 Å². The lowest BCUT2D eigenvalue weighted by Gasteiger charge is -2.32. The van der Waals surface area contributed by atoms with Crippen LogP contribution in [-0.4, -0.2) is 36.9 Å². The van der Waals surface area contributed by atoms with Crippen LogP contribution in [0.4, 0.5) is 4.39 Å². The topological polar surface area (TPSA) is 65.7 Å². The fourth-order valence-electron chi connectivity index (χ4n) is 4.23. The van der Waals surface area contributed by atoms with E-state index in [0.29, 0.717) is 11.6 Å². The highest BCUT2D eigenvalue weighted by molar-refractivity contribution is 9.10. The van der Waals surface area contributed by atoms with Crippen molar-refractivity contribution in [3.8, 4) is 22.8 Å². The molecular formula is C23H21BrFN5O. The van der Waals surface area contributed by atoms with Gasteiger partial charge in [-0.3, -0.25) is 9.97 Å². The molecule has 2 unspecified atom stereocenters. The minimum absolute atomic E-state index is 0.130. The number of ether oxygens (including phenoxy) is 1. The summed E-state index contributed by atoms with van der Waals surface area (Å²) in [5, 5.41) is 5.60. The molecule has 1 aromatic carbocycles. The minimum Gasteiger partial charge on any atom is -0.375 e. The van der Waals surface area contributed by atoms with Crippen molar-refractivity contribution >= 4 is 26.8 Å². The molecule has 0 spiro atoms. The van der Waals surface area contributed by atoms with E-state index < -0.39 is 0 Å². The lowest BCUT2D eigenvalue weighted by Crippen LogP contribution is -2.31. The first kappa shape index (κ1) is 20.2. The summed E-state index contributed by atoms with van der Waals surface area (Å²) in [4.78, 5) is 13.6. The largest absolute Gasteiger partial charge is 0.375 e. The van der Waals surface area contributed by atoms with Crippen LogP contribution in [0.1, 0.15) is 32.7 Å². The molecule has 1 aliphatic heterocycles. The van der Waals surface area contributed by atoms with Gasteiger partial charge in [0, 0.05) is 39.6 Å². The Bertz CT molecular complexity index is 1250. The number of hydrogen-bond donors (Lipinski definition) is 0. The summed E-state index contributed by atoms with van der Waals surface area (Å²) < 4.78 is 22.6. The van der Waals surface area contributed by atoms with Crippen LogP contribution in [0, 0.1) is 5.82 Å². The zero-order valence-corrected chi connectivity index (χ0v) is 18.8. The summed E-state index contributed by atoms with van der Waals surface area (Å²) in [6, 6.07) is 8.59. The zero-order valence-electron chi connectivity index (χ0n) is 17.2. The number of rotatable bonds is 3. The SMILES string of the molecule is CC1CC(n2nc(-c3cncc(Br)c3)nc2-c2cnc3ccc(F)cc3c2)CC(C)O1. The smallest absolute Gasteiger partial charge is 0.183 e. The number of halogens is 2. The fraction of sp³-hybridized carbons (Fsp3) is 0.304. The number of aromatic nitrogens is 5. The van der Waals surface area contributed by atoms with Crippen molar-refractivity contribution in [2.75, 3.05) is 0 Å². The number of hydrogen-bond acceptors (Lipinski definition) is 5. The molecule has 0 amide bonds. The normalized spacial score (nSPS) is 21.5. The Kier molecular flexibility index (Phi) is 5.27. The molecule has 158 valence electrons. The maximum absolute atomic E-state index is 13.8. The Morgan fingerprint density at radius 1 is 1.03 bits per heavy atom. The van der Waals surface area contributed by atoms with Crippen molar-refractivity contribution in [2.45, 2.75) is 44.9 Å². The predicted molar refractivity (Wildman–Crippen MR) is 120 cm³/mol. The summed E-state index contributed by atoms with van der Waals surface area (Å²) in [5.74, 6) is 1.01. The van der Waals surface area contributed by atoms with Crippen molar-refractivity contribution in [1.29, 1.82) is 0 Å². The maximum Gasteiger partial charge on any atom is 0.183 e. The van der Waals surface area contributed by atoms with Crippen LogP contribution in [0.5, 0.6) is 0 Å². The van der Waals surface area contributed by atoms with E-state index >= 15 is 0 Å². The molecule has 3 aromatic heterocycles. The van der Waals surface area contributed by atoms with Crippen molar-refractivity contribution < 1.29 is 9.13 Å². The molecule has 0 aliphatic carbocycles. The summed E-state index contributed by atoms with van der Waals surface area (Å²) >= 11 is 3.47. The summed E-state index contributed by atoms with van der Waals surface area (Å²) in [7, 11) is 0.